The summed E-state index contributed by atoms with van der Waals surface area (Å²) in [5.74, 6) is 0.991. The van der Waals surface area contributed by atoms with Crippen molar-refractivity contribution in [1.29, 1.82) is 0 Å². The summed E-state index contributed by atoms with van der Waals surface area (Å²) in [6.07, 6.45) is 2.80. The first-order valence-electron chi connectivity index (χ1n) is 7.36. The molecule has 0 unspecified atom stereocenters. The van der Waals surface area contributed by atoms with Crippen LogP contribution >= 0.6 is 15.9 Å². The Morgan fingerprint density at radius 2 is 2.14 bits per heavy atom. The highest BCUT2D eigenvalue weighted by Crippen LogP contribution is 2.32. The van der Waals surface area contributed by atoms with Gasteiger partial charge in [-0.25, -0.2) is 9.78 Å². The average molecular weight is 364 g/mol. The van der Waals surface area contributed by atoms with Crippen LogP contribution in [0.2, 0.25) is 0 Å². The van der Waals surface area contributed by atoms with E-state index in [-0.39, 0.29) is 12.0 Å². The van der Waals surface area contributed by atoms with Crippen molar-refractivity contribution in [3.63, 3.8) is 0 Å². The highest BCUT2D eigenvalue weighted by atomic mass is 79.9. The second kappa shape index (κ2) is 6.12. The molecule has 1 aromatic carbocycles. The van der Waals surface area contributed by atoms with E-state index < -0.39 is 6.09 Å². The van der Waals surface area contributed by atoms with Crippen LogP contribution in [-0.2, 0) is 0 Å². The number of aromatic nitrogens is 2. The molecule has 2 N–H and O–H groups in total. The number of likely N-dealkylation sites (tertiary alicyclic amines) is 1. The number of carbonyl (C=O) groups is 1. The molecule has 5 nitrogen and oxygen atoms in total. The van der Waals surface area contributed by atoms with Crippen molar-refractivity contribution in [3.05, 3.63) is 40.8 Å². The minimum atomic E-state index is -0.850. The molecule has 1 amide bonds. The van der Waals surface area contributed by atoms with Crippen LogP contribution in [0.3, 0.4) is 0 Å². The number of amides is 1. The minimum absolute atomic E-state index is 0.0600. The molecule has 1 saturated heterocycles. The second-order valence-corrected chi connectivity index (χ2v) is 6.57. The van der Waals surface area contributed by atoms with Gasteiger partial charge in [-0.05, 0) is 37.5 Å². The maximum Gasteiger partial charge on any atom is 0.407 e. The normalized spacial score (nSPS) is 21.8. The van der Waals surface area contributed by atoms with Gasteiger partial charge in [0.05, 0.1) is 11.9 Å². The Morgan fingerprint density at radius 3 is 2.82 bits per heavy atom. The van der Waals surface area contributed by atoms with Gasteiger partial charge in [0.15, 0.2) is 0 Å². The van der Waals surface area contributed by atoms with E-state index in [4.69, 9.17) is 0 Å². The van der Waals surface area contributed by atoms with E-state index in [0.717, 1.165) is 34.4 Å². The van der Waals surface area contributed by atoms with Crippen LogP contribution in [0.15, 0.2) is 34.9 Å². The molecule has 1 aliphatic rings. The van der Waals surface area contributed by atoms with Crippen molar-refractivity contribution < 1.29 is 9.90 Å². The third-order valence-corrected chi connectivity index (χ3v) is 4.86. The number of benzene rings is 1. The number of carboxylic acid groups (broad SMARTS) is 1. The number of hydrogen-bond acceptors (Lipinski definition) is 2. The lowest BCUT2D eigenvalue weighted by atomic mass is 9.90. The van der Waals surface area contributed by atoms with Gasteiger partial charge in [-0.15, -0.1) is 0 Å². The highest BCUT2D eigenvalue weighted by molar-refractivity contribution is 9.10. The Hall–Kier alpha value is -1.82. The lowest BCUT2D eigenvalue weighted by molar-refractivity contribution is 0.102. The maximum absolute atomic E-state index is 11.3. The first-order valence-corrected chi connectivity index (χ1v) is 8.16. The summed E-state index contributed by atoms with van der Waals surface area (Å²) >= 11 is 3.43. The first kappa shape index (κ1) is 15.1. The molecule has 0 aliphatic carbocycles. The van der Waals surface area contributed by atoms with Crippen molar-refractivity contribution >= 4 is 22.0 Å². The van der Waals surface area contributed by atoms with Crippen molar-refractivity contribution in [2.45, 2.75) is 31.7 Å². The van der Waals surface area contributed by atoms with Crippen molar-refractivity contribution in [1.82, 2.24) is 14.9 Å². The zero-order valence-electron chi connectivity index (χ0n) is 12.3. The Morgan fingerprint density at radius 1 is 1.41 bits per heavy atom. The van der Waals surface area contributed by atoms with E-state index in [0.29, 0.717) is 6.54 Å². The van der Waals surface area contributed by atoms with E-state index in [1.54, 1.807) is 0 Å². The summed E-state index contributed by atoms with van der Waals surface area (Å²) < 4.78 is 1.04. The fraction of sp³-hybridized carbons (Fsp3) is 0.375. The largest absolute Gasteiger partial charge is 0.465 e. The smallest absolute Gasteiger partial charge is 0.407 e. The lowest BCUT2D eigenvalue weighted by Crippen LogP contribution is -2.45. The predicted molar refractivity (Wildman–Crippen MR) is 87.9 cm³/mol. The SMILES string of the molecule is C[C@@H]1[C@H](c2ncc(-c3ccc(Br)cc3)[nH]2)CCCN1C(=O)O. The standard InChI is InChI=1S/C16H18BrN3O2/c1-10-13(3-2-8-20(10)16(21)22)15-18-9-14(19-15)11-4-6-12(17)7-5-11/h4-7,9-10,13H,2-3,8H2,1H3,(H,18,19)(H,21,22)/t10-,13-/m1/s1. The zero-order chi connectivity index (χ0) is 15.7. The molecule has 0 radical (unpaired) electrons. The summed E-state index contributed by atoms with van der Waals surface area (Å²) in [4.78, 5) is 20.7. The third-order valence-electron chi connectivity index (χ3n) is 4.34. The van der Waals surface area contributed by atoms with Gasteiger partial charge in [-0.1, -0.05) is 28.1 Å². The number of hydrogen-bond donors (Lipinski definition) is 2. The van der Waals surface area contributed by atoms with E-state index in [1.807, 2.05) is 37.4 Å². The molecule has 0 bridgehead atoms. The number of imidazole rings is 1. The first-order chi connectivity index (χ1) is 10.6. The zero-order valence-corrected chi connectivity index (χ0v) is 13.9. The third kappa shape index (κ3) is 2.88. The van der Waals surface area contributed by atoms with Gasteiger partial charge in [-0.2, -0.15) is 0 Å². The van der Waals surface area contributed by atoms with Gasteiger partial charge in [-0.3, -0.25) is 0 Å². The number of nitrogens with one attached hydrogen (secondary N) is 1. The Balaban J connectivity index is 1.84. The molecule has 1 aromatic heterocycles. The molecule has 2 aromatic rings. The van der Waals surface area contributed by atoms with Crippen molar-refractivity contribution in [2.24, 2.45) is 0 Å². The van der Waals surface area contributed by atoms with Gasteiger partial charge in [0, 0.05) is 23.0 Å². The van der Waals surface area contributed by atoms with Gasteiger partial charge in [0.25, 0.3) is 0 Å². The van der Waals surface area contributed by atoms with Crippen LogP contribution < -0.4 is 0 Å². The summed E-state index contributed by atoms with van der Waals surface area (Å²) in [5, 5.41) is 9.27. The van der Waals surface area contributed by atoms with Crippen molar-refractivity contribution in [3.8, 4) is 11.3 Å². The Labute approximate surface area is 137 Å². The number of rotatable bonds is 2. The van der Waals surface area contributed by atoms with E-state index in [2.05, 4.69) is 25.9 Å². The molecule has 116 valence electrons. The molecule has 2 atom stereocenters. The number of piperidine rings is 1. The quantitative estimate of drug-likeness (QED) is 0.844. The molecule has 6 heteroatoms. The van der Waals surface area contributed by atoms with Crippen LogP contribution in [0.4, 0.5) is 4.79 Å². The van der Waals surface area contributed by atoms with Gasteiger partial charge in [0.1, 0.15) is 5.82 Å². The molecular weight excluding hydrogens is 346 g/mol. The highest BCUT2D eigenvalue weighted by Gasteiger charge is 2.33. The van der Waals surface area contributed by atoms with Crippen LogP contribution in [0.1, 0.15) is 31.5 Å². The van der Waals surface area contributed by atoms with E-state index >= 15 is 0 Å². The number of H-pyrrole nitrogens is 1. The minimum Gasteiger partial charge on any atom is -0.465 e. The Kier molecular flexibility index (Phi) is 4.20. The van der Waals surface area contributed by atoms with Crippen LogP contribution in [0.5, 0.6) is 0 Å². The topological polar surface area (TPSA) is 69.2 Å². The molecule has 2 heterocycles. The summed E-state index contributed by atoms with van der Waals surface area (Å²) in [5.41, 5.74) is 2.03. The number of nitrogens with zero attached hydrogens (tertiary/aromatic N) is 2. The summed E-state index contributed by atoms with van der Waals surface area (Å²) in [7, 11) is 0. The lowest BCUT2D eigenvalue weighted by Gasteiger charge is -2.36. The molecule has 1 fully saturated rings. The van der Waals surface area contributed by atoms with Gasteiger partial charge >= 0.3 is 6.09 Å². The maximum atomic E-state index is 11.3. The van der Waals surface area contributed by atoms with Crippen molar-refractivity contribution in [2.75, 3.05) is 6.54 Å². The number of halogens is 1. The molecule has 22 heavy (non-hydrogen) atoms. The van der Waals surface area contributed by atoms with E-state index in [9.17, 15) is 9.90 Å². The summed E-state index contributed by atoms with van der Waals surface area (Å²) in [6.45, 7) is 2.56. The van der Waals surface area contributed by atoms with Crippen LogP contribution in [-0.4, -0.2) is 38.7 Å². The van der Waals surface area contributed by atoms with Gasteiger partial charge < -0.3 is 15.0 Å². The molecule has 0 spiro atoms. The van der Waals surface area contributed by atoms with Crippen LogP contribution in [0.25, 0.3) is 11.3 Å². The van der Waals surface area contributed by atoms with E-state index in [1.165, 1.54) is 4.90 Å². The molecule has 3 rings (SSSR count). The van der Waals surface area contributed by atoms with Gasteiger partial charge in [0.2, 0.25) is 0 Å². The number of aromatic amines is 1. The molecule has 1 aliphatic heterocycles. The summed E-state index contributed by atoms with van der Waals surface area (Å²) in [6, 6.07) is 7.97. The Bertz CT molecular complexity index is 668. The van der Waals surface area contributed by atoms with Crippen LogP contribution in [0, 0.1) is 0 Å². The molecular formula is C16H18BrN3O2. The average Bonchev–Trinajstić information content (AvgIpc) is 2.97. The molecule has 0 saturated carbocycles. The predicted octanol–water partition coefficient (Wildman–Crippen LogP) is 4.09. The fourth-order valence-electron chi connectivity index (χ4n) is 3.08. The second-order valence-electron chi connectivity index (χ2n) is 5.65. The monoisotopic (exact) mass is 363 g/mol. The fourth-order valence-corrected chi connectivity index (χ4v) is 3.34.